The van der Waals surface area contributed by atoms with Gasteiger partial charge in [-0.2, -0.15) is 0 Å². The van der Waals surface area contributed by atoms with Crippen molar-refractivity contribution >= 4 is 11.8 Å². The topological polar surface area (TPSA) is 111 Å². The molecule has 4 N–H and O–H groups in total. The number of likely N-dealkylation sites (N-methyl/N-ethyl adjacent to an activating group) is 1. The number of carbonyl (C=O) groups is 2. The van der Waals surface area contributed by atoms with Crippen molar-refractivity contribution in [2.45, 2.75) is 31.3 Å². The molecule has 1 aliphatic heterocycles. The number of ether oxygens (including phenoxy) is 2. The molecule has 1 aromatic rings. The van der Waals surface area contributed by atoms with Crippen molar-refractivity contribution < 1.29 is 24.2 Å². The number of nitrogens with two attached hydrogens (primary N) is 1. The number of rotatable bonds is 6. The molecule has 1 fully saturated rings. The van der Waals surface area contributed by atoms with Gasteiger partial charge in [-0.3, -0.25) is 9.59 Å². The van der Waals surface area contributed by atoms with Crippen LogP contribution in [0.3, 0.4) is 0 Å². The van der Waals surface area contributed by atoms with Crippen LogP contribution >= 0.6 is 0 Å². The predicted molar refractivity (Wildman–Crippen MR) is 106 cm³/mol. The summed E-state index contributed by atoms with van der Waals surface area (Å²) in [4.78, 5) is 25.3. The minimum absolute atomic E-state index is 0.118. The van der Waals surface area contributed by atoms with Gasteiger partial charge in [-0.25, -0.2) is 0 Å². The Labute approximate surface area is 169 Å². The standard InChI is InChI=1S/C22H26N2O5/c1-24-20(26)16-10-22(21(23)27,13-6-7-13)9-15-18(17(11-25)29-19(15)16)12-4-3-5-14(8-12)28-2/h3-5,8,10,13,17-18,25H,6-7,9,11H2,1-2H3,(H2,23,27)(H,24,26). The average molecular weight is 398 g/mol. The van der Waals surface area contributed by atoms with Crippen molar-refractivity contribution in [1.29, 1.82) is 0 Å². The van der Waals surface area contributed by atoms with E-state index in [2.05, 4.69) is 5.32 Å². The van der Waals surface area contributed by atoms with Crippen molar-refractivity contribution in [3.05, 3.63) is 52.8 Å². The van der Waals surface area contributed by atoms with E-state index in [1.807, 2.05) is 24.3 Å². The zero-order valence-electron chi connectivity index (χ0n) is 16.6. The highest BCUT2D eigenvalue weighted by Gasteiger charge is 2.55. The Hall–Kier alpha value is -2.80. The Morgan fingerprint density at radius 3 is 2.72 bits per heavy atom. The van der Waals surface area contributed by atoms with E-state index in [-0.39, 0.29) is 24.3 Å². The number of carbonyl (C=O) groups excluding carboxylic acids is 2. The minimum Gasteiger partial charge on any atom is -0.497 e. The third-order valence-electron chi connectivity index (χ3n) is 6.31. The lowest BCUT2D eigenvalue weighted by Crippen LogP contribution is -2.41. The Balaban J connectivity index is 1.86. The van der Waals surface area contributed by atoms with Crippen LogP contribution < -0.4 is 15.8 Å². The number of hydrogen-bond donors (Lipinski definition) is 3. The van der Waals surface area contributed by atoms with Crippen molar-refractivity contribution in [3.8, 4) is 5.75 Å². The van der Waals surface area contributed by atoms with Crippen LogP contribution in [-0.4, -0.2) is 43.8 Å². The fraction of sp³-hybridized carbons (Fsp3) is 0.455. The molecule has 0 radical (unpaired) electrons. The molecule has 2 aliphatic carbocycles. The maximum absolute atomic E-state index is 12.7. The molecule has 3 unspecified atom stereocenters. The maximum atomic E-state index is 12.7. The molecule has 1 saturated carbocycles. The van der Waals surface area contributed by atoms with Gasteiger partial charge < -0.3 is 25.6 Å². The fourth-order valence-corrected chi connectivity index (χ4v) is 4.69. The van der Waals surface area contributed by atoms with Crippen LogP contribution in [-0.2, 0) is 14.3 Å². The first-order valence-electron chi connectivity index (χ1n) is 9.85. The van der Waals surface area contributed by atoms with Crippen LogP contribution in [0.15, 0.2) is 47.2 Å². The number of primary amides is 1. The van der Waals surface area contributed by atoms with Gasteiger partial charge in [-0.05, 0) is 48.4 Å². The largest absolute Gasteiger partial charge is 0.497 e. The Bertz CT molecular complexity index is 918. The fourth-order valence-electron chi connectivity index (χ4n) is 4.69. The van der Waals surface area contributed by atoms with E-state index < -0.39 is 17.4 Å². The molecule has 0 bridgehead atoms. The van der Waals surface area contributed by atoms with Crippen LogP contribution in [0.2, 0.25) is 0 Å². The number of methoxy groups -OCH3 is 1. The molecule has 3 atom stereocenters. The highest BCUT2D eigenvalue weighted by atomic mass is 16.5. The lowest BCUT2D eigenvalue weighted by Gasteiger charge is -2.33. The molecule has 0 spiro atoms. The summed E-state index contributed by atoms with van der Waals surface area (Å²) in [7, 11) is 3.13. The van der Waals surface area contributed by atoms with E-state index in [1.54, 1.807) is 20.2 Å². The van der Waals surface area contributed by atoms with Crippen molar-refractivity contribution in [3.63, 3.8) is 0 Å². The monoisotopic (exact) mass is 398 g/mol. The van der Waals surface area contributed by atoms with Crippen LogP contribution in [0.5, 0.6) is 5.75 Å². The molecule has 1 heterocycles. The van der Waals surface area contributed by atoms with Gasteiger partial charge in [0.2, 0.25) is 5.91 Å². The second-order valence-corrected chi connectivity index (χ2v) is 7.94. The number of hydrogen-bond acceptors (Lipinski definition) is 5. The second kappa shape index (κ2) is 7.22. The lowest BCUT2D eigenvalue weighted by atomic mass is 9.68. The number of aliphatic hydroxyl groups is 1. The zero-order valence-corrected chi connectivity index (χ0v) is 16.6. The average Bonchev–Trinajstić information content (AvgIpc) is 3.53. The number of amides is 2. The highest BCUT2D eigenvalue weighted by molar-refractivity contribution is 6.00. The molecule has 4 rings (SSSR count). The van der Waals surface area contributed by atoms with E-state index in [9.17, 15) is 14.7 Å². The van der Waals surface area contributed by atoms with Crippen molar-refractivity contribution in [2.24, 2.45) is 17.1 Å². The number of benzene rings is 1. The summed E-state index contributed by atoms with van der Waals surface area (Å²) >= 11 is 0. The predicted octanol–water partition coefficient (Wildman–Crippen LogP) is 1.38. The first kappa shape index (κ1) is 19.5. The van der Waals surface area contributed by atoms with E-state index in [1.165, 1.54) is 0 Å². The summed E-state index contributed by atoms with van der Waals surface area (Å²) < 4.78 is 11.4. The van der Waals surface area contributed by atoms with Gasteiger partial charge in [0.1, 0.15) is 17.6 Å². The number of nitrogens with one attached hydrogen (secondary N) is 1. The summed E-state index contributed by atoms with van der Waals surface area (Å²) in [6, 6.07) is 7.56. The van der Waals surface area contributed by atoms with Gasteiger partial charge in [0.05, 0.1) is 24.7 Å². The van der Waals surface area contributed by atoms with E-state index in [0.717, 1.165) is 24.0 Å². The van der Waals surface area contributed by atoms with E-state index in [4.69, 9.17) is 15.2 Å². The summed E-state index contributed by atoms with van der Waals surface area (Å²) in [5.74, 6) is 0.211. The van der Waals surface area contributed by atoms with Gasteiger partial charge in [-0.1, -0.05) is 18.2 Å². The van der Waals surface area contributed by atoms with E-state index in [0.29, 0.717) is 23.5 Å². The highest BCUT2D eigenvalue weighted by Crippen LogP contribution is 2.57. The Morgan fingerprint density at radius 2 is 2.14 bits per heavy atom. The molecule has 1 aromatic carbocycles. The molecular formula is C22H26N2O5. The van der Waals surface area contributed by atoms with Crippen LogP contribution in [0.1, 0.15) is 30.7 Å². The molecule has 29 heavy (non-hydrogen) atoms. The quantitative estimate of drug-likeness (QED) is 0.670. The molecule has 2 amide bonds. The van der Waals surface area contributed by atoms with Gasteiger partial charge in [0.25, 0.3) is 5.91 Å². The molecule has 7 nitrogen and oxygen atoms in total. The number of aliphatic hydroxyl groups excluding tert-OH is 1. The van der Waals surface area contributed by atoms with Gasteiger partial charge in [-0.15, -0.1) is 0 Å². The lowest BCUT2D eigenvalue weighted by molar-refractivity contribution is -0.126. The molecule has 7 heteroatoms. The maximum Gasteiger partial charge on any atom is 0.254 e. The first-order chi connectivity index (χ1) is 13.9. The normalized spacial score (nSPS) is 28.3. The molecule has 0 aromatic heterocycles. The summed E-state index contributed by atoms with van der Waals surface area (Å²) in [6.07, 6.45) is 3.34. The van der Waals surface area contributed by atoms with E-state index >= 15 is 0 Å². The molecule has 0 saturated heterocycles. The third-order valence-corrected chi connectivity index (χ3v) is 6.31. The van der Waals surface area contributed by atoms with Crippen LogP contribution in [0.25, 0.3) is 0 Å². The van der Waals surface area contributed by atoms with Gasteiger partial charge in [0, 0.05) is 13.0 Å². The van der Waals surface area contributed by atoms with Gasteiger partial charge in [0.15, 0.2) is 0 Å². The van der Waals surface area contributed by atoms with Gasteiger partial charge >= 0.3 is 0 Å². The minimum atomic E-state index is -0.911. The molecule has 3 aliphatic rings. The Morgan fingerprint density at radius 1 is 1.38 bits per heavy atom. The molecular weight excluding hydrogens is 372 g/mol. The summed E-state index contributed by atoms with van der Waals surface area (Å²) in [5.41, 5.74) is 7.03. The van der Waals surface area contributed by atoms with Crippen LogP contribution in [0.4, 0.5) is 0 Å². The second-order valence-electron chi connectivity index (χ2n) is 7.94. The zero-order chi connectivity index (χ0) is 20.8. The smallest absolute Gasteiger partial charge is 0.254 e. The molecule has 154 valence electrons. The van der Waals surface area contributed by atoms with Crippen molar-refractivity contribution in [1.82, 2.24) is 5.32 Å². The third kappa shape index (κ3) is 3.09. The SMILES string of the molecule is CNC(=O)C1=CC(C(N)=O)(C2CC2)CC2=C1OC(CO)C2c1cccc(OC)c1. The summed E-state index contributed by atoms with van der Waals surface area (Å²) in [5, 5.41) is 12.7. The summed E-state index contributed by atoms with van der Waals surface area (Å²) in [6.45, 7) is -0.219. The van der Waals surface area contributed by atoms with Crippen molar-refractivity contribution in [2.75, 3.05) is 20.8 Å². The Kier molecular flexibility index (Phi) is 4.86. The first-order valence-corrected chi connectivity index (χ1v) is 9.85. The van der Waals surface area contributed by atoms with Crippen LogP contribution in [0, 0.1) is 11.3 Å².